The van der Waals surface area contributed by atoms with Crippen molar-refractivity contribution in [1.29, 1.82) is 0 Å². The number of fused-ring (bicyclic) bond motifs is 2. The Morgan fingerprint density at radius 1 is 1.00 bits per heavy atom. The third-order valence-electron chi connectivity index (χ3n) is 3.13. The Labute approximate surface area is 94.8 Å². The van der Waals surface area contributed by atoms with Crippen LogP contribution < -0.4 is 0 Å². The van der Waals surface area contributed by atoms with Crippen LogP contribution in [0.5, 0.6) is 0 Å². The maximum absolute atomic E-state index is 11.5. The molecule has 0 amide bonds. The predicted molar refractivity (Wildman–Crippen MR) is 65.0 cm³/mol. The summed E-state index contributed by atoms with van der Waals surface area (Å²) in [6, 6.07) is 8.35. The van der Waals surface area contributed by atoms with Gasteiger partial charge in [0.25, 0.3) is 0 Å². The molecule has 16 heavy (non-hydrogen) atoms. The number of allylic oxidation sites excluding steroid dienone is 6. The first-order chi connectivity index (χ1) is 7.84. The summed E-state index contributed by atoms with van der Waals surface area (Å²) >= 11 is 0. The summed E-state index contributed by atoms with van der Waals surface area (Å²) in [4.78, 5) is 11.5. The van der Waals surface area contributed by atoms with E-state index in [-0.39, 0.29) is 5.78 Å². The molecular weight excluding hydrogens is 196 g/mol. The molecule has 1 aromatic rings. The molecule has 0 saturated carbocycles. The Bertz CT molecular complexity index is 544. The molecule has 0 N–H and O–H groups in total. The van der Waals surface area contributed by atoms with E-state index in [1.165, 1.54) is 22.3 Å². The Kier molecular flexibility index (Phi) is 2.10. The summed E-state index contributed by atoms with van der Waals surface area (Å²) in [5.74, 6) is 0.198. The second-order valence-corrected chi connectivity index (χ2v) is 4.17. The monoisotopic (exact) mass is 208 g/mol. The highest BCUT2D eigenvalue weighted by Gasteiger charge is 2.17. The van der Waals surface area contributed by atoms with Crippen molar-refractivity contribution in [3.05, 3.63) is 65.3 Å². The lowest BCUT2D eigenvalue weighted by atomic mass is 9.89. The van der Waals surface area contributed by atoms with Crippen LogP contribution in [0.3, 0.4) is 0 Å². The van der Waals surface area contributed by atoms with Crippen LogP contribution in [0.15, 0.2) is 54.1 Å². The first kappa shape index (κ1) is 9.34. The van der Waals surface area contributed by atoms with Crippen molar-refractivity contribution in [2.75, 3.05) is 0 Å². The van der Waals surface area contributed by atoms with E-state index in [0.717, 1.165) is 6.42 Å². The van der Waals surface area contributed by atoms with Crippen molar-refractivity contribution in [3.8, 4) is 0 Å². The van der Waals surface area contributed by atoms with Crippen molar-refractivity contribution >= 4 is 11.4 Å². The van der Waals surface area contributed by atoms with Crippen LogP contribution in [0.25, 0.3) is 5.57 Å². The summed E-state index contributed by atoms with van der Waals surface area (Å²) in [5, 5.41) is 0. The third-order valence-corrected chi connectivity index (χ3v) is 3.13. The smallest absolute Gasteiger partial charge is 0.160 e. The Morgan fingerprint density at radius 2 is 1.88 bits per heavy atom. The van der Waals surface area contributed by atoms with Gasteiger partial charge in [-0.05, 0) is 34.8 Å². The number of carbonyl (C=O) groups excluding carboxylic acids is 1. The second-order valence-electron chi connectivity index (χ2n) is 4.17. The number of benzene rings is 1. The van der Waals surface area contributed by atoms with Gasteiger partial charge >= 0.3 is 0 Å². The van der Waals surface area contributed by atoms with Gasteiger partial charge in [0, 0.05) is 6.42 Å². The maximum atomic E-state index is 11.5. The normalized spacial score (nSPS) is 18.1. The van der Waals surface area contributed by atoms with Gasteiger partial charge in [0.1, 0.15) is 0 Å². The van der Waals surface area contributed by atoms with Crippen molar-refractivity contribution in [2.45, 2.75) is 12.8 Å². The second kappa shape index (κ2) is 3.60. The van der Waals surface area contributed by atoms with Gasteiger partial charge in [0.15, 0.2) is 5.78 Å². The number of carbonyl (C=O) groups is 1. The van der Waals surface area contributed by atoms with Crippen LogP contribution in [0.4, 0.5) is 0 Å². The molecule has 0 fully saturated rings. The van der Waals surface area contributed by atoms with Crippen molar-refractivity contribution in [1.82, 2.24) is 0 Å². The number of rotatable bonds is 0. The zero-order chi connectivity index (χ0) is 11.0. The standard InChI is InChI=1S/C15H12O/c16-13-9-8-12-6-3-5-11-4-1-2-7-14(11)15(12)10-13/h1-4,6-9H,5,10H2. The molecule has 0 heterocycles. The molecule has 0 bridgehead atoms. The van der Waals surface area contributed by atoms with Gasteiger partial charge < -0.3 is 0 Å². The van der Waals surface area contributed by atoms with Crippen LogP contribution in [-0.2, 0) is 11.2 Å². The first-order valence-electron chi connectivity index (χ1n) is 5.53. The minimum absolute atomic E-state index is 0.198. The van der Waals surface area contributed by atoms with E-state index >= 15 is 0 Å². The van der Waals surface area contributed by atoms with Gasteiger partial charge in [-0.1, -0.05) is 42.5 Å². The van der Waals surface area contributed by atoms with Gasteiger partial charge in [-0.2, -0.15) is 0 Å². The maximum Gasteiger partial charge on any atom is 0.160 e. The minimum Gasteiger partial charge on any atom is -0.294 e. The van der Waals surface area contributed by atoms with Crippen molar-refractivity contribution < 1.29 is 4.79 Å². The lowest BCUT2D eigenvalue weighted by Crippen LogP contribution is -2.03. The topological polar surface area (TPSA) is 17.1 Å². The zero-order valence-corrected chi connectivity index (χ0v) is 8.94. The van der Waals surface area contributed by atoms with Crippen molar-refractivity contribution in [3.63, 3.8) is 0 Å². The highest BCUT2D eigenvalue weighted by atomic mass is 16.1. The molecule has 0 atom stereocenters. The van der Waals surface area contributed by atoms with Crippen LogP contribution in [0, 0.1) is 0 Å². The van der Waals surface area contributed by atoms with E-state index in [1.54, 1.807) is 6.08 Å². The summed E-state index contributed by atoms with van der Waals surface area (Å²) in [6.07, 6.45) is 9.38. The summed E-state index contributed by atoms with van der Waals surface area (Å²) in [7, 11) is 0. The number of hydrogen-bond donors (Lipinski definition) is 0. The summed E-state index contributed by atoms with van der Waals surface area (Å²) in [6.45, 7) is 0. The molecule has 1 aromatic carbocycles. The molecule has 0 radical (unpaired) electrons. The fraction of sp³-hybridized carbons (Fsp3) is 0.133. The van der Waals surface area contributed by atoms with Crippen LogP contribution in [-0.4, -0.2) is 5.78 Å². The average molecular weight is 208 g/mol. The molecule has 3 rings (SSSR count). The van der Waals surface area contributed by atoms with E-state index in [4.69, 9.17) is 0 Å². The molecule has 0 unspecified atom stereocenters. The third kappa shape index (κ3) is 1.45. The molecule has 0 spiro atoms. The van der Waals surface area contributed by atoms with Gasteiger partial charge in [-0.25, -0.2) is 0 Å². The van der Waals surface area contributed by atoms with Crippen LogP contribution in [0.2, 0.25) is 0 Å². The number of hydrogen-bond acceptors (Lipinski definition) is 1. The predicted octanol–water partition coefficient (Wildman–Crippen LogP) is 3.08. The average Bonchev–Trinajstić information content (AvgIpc) is 2.48. The molecule has 1 nitrogen and oxygen atoms in total. The van der Waals surface area contributed by atoms with Crippen molar-refractivity contribution in [2.24, 2.45) is 0 Å². The molecule has 2 aliphatic rings. The largest absolute Gasteiger partial charge is 0.294 e. The fourth-order valence-electron chi connectivity index (χ4n) is 2.33. The summed E-state index contributed by atoms with van der Waals surface area (Å²) in [5.41, 5.74) is 4.91. The molecule has 0 saturated heterocycles. The molecule has 78 valence electrons. The Hall–Kier alpha value is -1.89. The fourth-order valence-corrected chi connectivity index (χ4v) is 2.33. The minimum atomic E-state index is 0.198. The van der Waals surface area contributed by atoms with Crippen LogP contribution in [0.1, 0.15) is 17.5 Å². The summed E-state index contributed by atoms with van der Waals surface area (Å²) < 4.78 is 0. The lowest BCUT2D eigenvalue weighted by Gasteiger charge is -2.14. The van der Waals surface area contributed by atoms with Gasteiger partial charge in [-0.3, -0.25) is 4.79 Å². The quantitative estimate of drug-likeness (QED) is 0.640. The lowest BCUT2D eigenvalue weighted by molar-refractivity contribution is -0.113. The SMILES string of the molecule is O=C1C=CC2=C(C1)c1ccccc1CC=C2. The van der Waals surface area contributed by atoms with E-state index in [2.05, 4.69) is 30.4 Å². The Morgan fingerprint density at radius 3 is 2.81 bits per heavy atom. The Balaban J connectivity index is 2.23. The van der Waals surface area contributed by atoms with E-state index in [9.17, 15) is 4.79 Å². The van der Waals surface area contributed by atoms with E-state index in [0.29, 0.717) is 6.42 Å². The zero-order valence-electron chi connectivity index (χ0n) is 8.94. The van der Waals surface area contributed by atoms with Crippen LogP contribution >= 0.6 is 0 Å². The molecule has 1 heteroatoms. The van der Waals surface area contributed by atoms with Gasteiger partial charge in [-0.15, -0.1) is 0 Å². The molecular formula is C15H12O. The number of ketones is 1. The highest BCUT2D eigenvalue weighted by molar-refractivity contribution is 6.02. The van der Waals surface area contributed by atoms with E-state index < -0.39 is 0 Å². The first-order valence-corrected chi connectivity index (χ1v) is 5.53. The molecule has 0 aromatic heterocycles. The highest BCUT2D eigenvalue weighted by Crippen LogP contribution is 2.32. The molecule has 0 aliphatic heterocycles. The van der Waals surface area contributed by atoms with Gasteiger partial charge in [0.05, 0.1) is 0 Å². The van der Waals surface area contributed by atoms with Gasteiger partial charge in [0.2, 0.25) is 0 Å². The van der Waals surface area contributed by atoms with E-state index in [1.807, 2.05) is 12.1 Å². The molecule has 2 aliphatic carbocycles.